The molecule has 0 unspecified atom stereocenters. The predicted molar refractivity (Wildman–Crippen MR) is 66.5 cm³/mol. The first-order valence-electron chi connectivity index (χ1n) is 5.49. The number of hydrogen-bond acceptors (Lipinski definition) is 3. The van der Waals surface area contributed by atoms with E-state index in [0.29, 0.717) is 11.5 Å². The molecule has 0 saturated carbocycles. The minimum atomic E-state index is -0.273. The molecule has 0 bridgehead atoms. The zero-order valence-corrected chi connectivity index (χ0v) is 9.71. The average molecular weight is 241 g/mol. The average Bonchev–Trinajstić information content (AvgIpc) is 2.95. The molecular formula is C12H11N5O. The van der Waals surface area contributed by atoms with E-state index in [2.05, 4.69) is 20.5 Å². The van der Waals surface area contributed by atoms with Crippen molar-refractivity contribution in [3.8, 4) is 0 Å². The molecule has 0 aliphatic heterocycles. The molecule has 6 heteroatoms. The van der Waals surface area contributed by atoms with Gasteiger partial charge >= 0.3 is 0 Å². The number of H-pyrrole nitrogens is 1. The van der Waals surface area contributed by atoms with Crippen LogP contribution in [-0.2, 0) is 0 Å². The highest BCUT2D eigenvalue weighted by Gasteiger charge is 2.11. The summed E-state index contributed by atoms with van der Waals surface area (Å²) in [4.78, 5) is 16.2. The normalized spacial score (nSPS) is 10.7. The van der Waals surface area contributed by atoms with Crippen LogP contribution >= 0.6 is 0 Å². The lowest BCUT2D eigenvalue weighted by Crippen LogP contribution is -2.12. The van der Waals surface area contributed by atoms with Gasteiger partial charge in [0.05, 0.1) is 0 Å². The Kier molecular flexibility index (Phi) is 2.33. The molecule has 6 nitrogen and oxygen atoms in total. The van der Waals surface area contributed by atoms with E-state index in [0.717, 1.165) is 11.3 Å². The molecule has 0 aromatic carbocycles. The molecule has 0 spiro atoms. The van der Waals surface area contributed by atoms with E-state index in [9.17, 15) is 4.79 Å². The molecule has 0 fully saturated rings. The highest BCUT2D eigenvalue weighted by atomic mass is 16.2. The highest BCUT2D eigenvalue weighted by molar-refractivity contribution is 6.02. The van der Waals surface area contributed by atoms with Crippen molar-refractivity contribution in [3.05, 3.63) is 48.0 Å². The number of nitrogens with zero attached hydrogens (tertiary/aromatic N) is 3. The second-order valence-electron chi connectivity index (χ2n) is 3.98. The van der Waals surface area contributed by atoms with Gasteiger partial charge in [-0.15, -0.1) is 0 Å². The molecule has 3 rings (SSSR count). The van der Waals surface area contributed by atoms with Gasteiger partial charge in [-0.1, -0.05) is 6.07 Å². The molecular weight excluding hydrogens is 230 g/mol. The van der Waals surface area contributed by atoms with Crippen LogP contribution in [0.15, 0.2) is 36.7 Å². The Balaban J connectivity index is 1.87. The van der Waals surface area contributed by atoms with Crippen molar-refractivity contribution in [1.82, 2.24) is 19.6 Å². The number of imidazole rings is 1. The number of amides is 1. The number of nitrogens with one attached hydrogen (secondary N) is 2. The zero-order chi connectivity index (χ0) is 12.5. The standard InChI is InChI=1S/C12H11N5O/c1-8-6-10(16-15-8)14-12(18)9-7-17-5-3-2-4-11(17)13-9/h2-7H,1H3,(H2,14,15,16,18). The van der Waals surface area contributed by atoms with Gasteiger partial charge in [0.15, 0.2) is 5.82 Å². The minimum absolute atomic E-state index is 0.273. The van der Waals surface area contributed by atoms with E-state index >= 15 is 0 Å². The van der Waals surface area contributed by atoms with Crippen molar-refractivity contribution in [1.29, 1.82) is 0 Å². The monoisotopic (exact) mass is 241 g/mol. The second-order valence-corrected chi connectivity index (χ2v) is 3.98. The molecule has 0 saturated heterocycles. The number of aromatic amines is 1. The SMILES string of the molecule is Cc1cc(NC(=O)c2cn3ccccc3n2)n[nH]1. The molecule has 0 atom stereocenters. The van der Waals surface area contributed by atoms with Gasteiger partial charge in [0.2, 0.25) is 0 Å². The number of aryl methyl sites for hydroxylation is 1. The number of anilines is 1. The predicted octanol–water partition coefficient (Wildman–Crippen LogP) is 1.62. The fourth-order valence-corrected chi connectivity index (χ4v) is 1.71. The van der Waals surface area contributed by atoms with Crippen LogP contribution in [0.4, 0.5) is 5.82 Å². The van der Waals surface area contributed by atoms with Crippen LogP contribution in [0.1, 0.15) is 16.2 Å². The first-order chi connectivity index (χ1) is 8.72. The van der Waals surface area contributed by atoms with Crippen LogP contribution in [0.3, 0.4) is 0 Å². The van der Waals surface area contributed by atoms with Crippen molar-refractivity contribution in [2.75, 3.05) is 5.32 Å². The van der Waals surface area contributed by atoms with Crippen molar-refractivity contribution in [3.63, 3.8) is 0 Å². The van der Waals surface area contributed by atoms with Crippen molar-refractivity contribution < 1.29 is 4.79 Å². The number of hydrogen-bond donors (Lipinski definition) is 2. The van der Waals surface area contributed by atoms with Gasteiger partial charge in [-0.25, -0.2) is 4.98 Å². The second kappa shape index (κ2) is 3.99. The third-order valence-electron chi connectivity index (χ3n) is 2.54. The summed E-state index contributed by atoms with van der Waals surface area (Å²) in [5.41, 5.74) is 1.99. The van der Waals surface area contributed by atoms with E-state index in [1.54, 1.807) is 16.7 Å². The number of rotatable bonds is 2. The Labute approximate surface area is 103 Å². The van der Waals surface area contributed by atoms with E-state index in [4.69, 9.17) is 0 Å². The Morgan fingerprint density at radius 2 is 2.33 bits per heavy atom. The molecule has 0 aliphatic carbocycles. The van der Waals surface area contributed by atoms with Crippen LogP contribution in [0.25, 0.3) is 5.65 Å². The van der Waals surface area contributed by atoms with Crippen molar-refractivity contribution in [2.45, 2.75) is 6.92 Å². The fraction of sp³-hybridized carbons (Fsp3) is 0.0833. The highest BCUT2D eigenvalue weighted by Crippen LogP contribution is 2.08. The third kappa shape index (κ3) is 1.84. The van der Waals surface area contributed by atoms with Gasteiger partial charge in [-0.05, 0) is 19.1 Å². The maximum absolute atomic E-state index is 12.0. The topological polar surface area (TPSA) is 75.1 Å². The first-order valence-corrected chi connectivity index (χ1v) is 5.49. The molecule has 3 heterocycles. The smallest absolute Gasteiger partial charge is 0.277 e. The summed E-state index contributed by atoms with van der Waals surface area (Å²) in [5.74, 6) is 0.222. The lowest BCUT2D eigenvalue weighted by Gasteiger charge is -1.96. The molecule has 0 aliphatic rings. The maximum atomic E-state index is 12.0. The van der Waals surface area contributed by atoms with Gasteiger partial charge in [-0.2, -0.15) is 5.10 Å². The van der Waals surface area contributed by atoms with E-state index in [1.807, 2.05) is 31.3 Å². The summed E-state index contributed by atoms with van der Waals surface area (Å²) in [6.07, 6.45) is 3.53. The lowest BCUT2D eigenvalue weighted by molar-refractivity contribution is 0.102. The number of aromatic nitrogens is 4. The van der Waals surface area contributed by atoms with E-state index in [1.165, 1.54) is 0 Å². The van der Waals surface area contributed by atoms with Crippen LogP contribution in [-0.4, -0.2) is 25.5 Å². The van der Waals surface area contributed by atoms with Crippen LogP contribution in [0.5, 0.6) is 0 Å². The quantitative estimate of drug-likeness (QED) is 0.715. The molecule has 2 N–H and O–H groups in total. The van der Waals surface area contributed by atoms with E-state index in [-0.39, 0.29) is 5.91 Å². The largest absolute Gasteiger partial charge is 0.306 e. The number of carbonyl (C=O) groups is 1. The Morgan fingerprint density at radius 1 is 1.44 bits per heavy atom. The Morgan fingerprint density at radius 3 is 3.06 bits per heavy atom. The molecule has 90 valence electrons. The summed E-state index contributed by atoms with van der Waals surface area (Å²) >= 11 is 0. The molecule has 18 heavy (non-hydrogen) atoms. The number of carbonyl (C=O) groups excluding carboxylic acids is 1. The lowest BCUT2D eigenvalue weighted by atomic mass is 10.4. The van der Waals surface area contributed by atoms with Crippen molar-refractivity contribution in [2.24, 2.45) is 0 Å². The number of pyridine rings is 1. The van der Waals surface area contributed by atoms with Crippen molar-refractivity contribution >= 4 is 17.4 Å². The summed E-state index contributed by atoms with van der Waals surface area (Å²) in [6.45, 7) is 1.87. The number of fused-ring (bicyclic) bond motifs is 1. The van der Waals surface area contributed by atoms with Crippen LogP contribution in [0.2, 0.25) is 0 Å². The van der Waals surface area contributed by atoms with Crippen LogP contribution < -0.4 is 5.32 Å². The van der Waals surface area contributed by atoms with Gasteiger partial charge < -0.3 is 9.72 Å². The fourth-order valence-electron chi connectivity index (χ4n) is 1.71. The van der Waals surface area contributed by atoms with Gasteiger partial charge in [0.25, 0.3) is 5.91 Å². The summed E-state index contributed by atoms with van der Waals surface area (Å²) in [7, 11) is 0. The van der Waals surface area contributed by atoms with Gasteiger partial charge in [-0.3, -0.25) is 9.89 Å². The summed E-state index contributed by atoms with van der Waals surface area (Å²) < 4.78 is 1.80. The first kappa shape index (κ1) is 10.5. The molecule has 3 aromatic rings. The summed E-state index contributed by atoms with van der Waals surface area (Å²) in [6, 6.07) is 7.36. The Bertz CT molecular complexity index is 679. The molecule has 0 radical (unpaired) electrons. The Hall–Kier alpha value is -2.63. The maximum Gasteiger partial charge on any atom is 0.277 e. The van der Waals surface area contributed by atoms with Gasteiger partial charge in [0, 0.05) is 24.2 Å². The minimum Gasteiger partial charge on any atom is -0.306 e. The molecule has 3 aromatic heterocycles. The van der Waals surface area contributed by atoms with E-state index < -0.39 is 0 Å². The van der Waals surface area contributed by atoms with Crippen LogP contribution in [0, 0.1) is 6.92 Å². The zero-order valence-electron chi connectivity index (χ0n) is 9.71. The third-order valence-corrected chi connectivity index (χ3v) is 2.54. The summed E-state index contributed by atoms with van der Waals surface area (Å²) in [5, 5.41) is 9.39. The van der Waals surface area contributed by atoms with Gasteiger partial charge in [0.1, 0.15) is 11.3 Å². The molecule has 1 amide bonds.